The van der Waals surface area contributed by atoms with Crippen LogP contribution >= 0.6 is 0 Å². The van der Waals surface area contributed by atoms with E-state index in [-0.39, 0.29) is 4.76 Å². The molecule has 64 valence electrons. The van der Waals surface area contributed by atoms with Crippen LogP contribution in [0, 0.1) is 5.21 Å². The third-order valence-corrected chi connectivity index (χ3v) is 1.80. The zero-order valence-electron chi connectivity index (χ0n) is 6.60. The fourth-order valence-corrected chi connectivity index (χ4v) is 1.24. The fourth-order valence-electron chi connectivity index (χ4n) is 1.24. The van der Waals surface area contributed by atoms with Gasteiger partial charge in [0.1, 0.15) is 12.7 Å². The molecule has 1 aliphatic rings. The van der Waals surface area contributed by atoms with Gasteiger partial charge in [0.15, 0.2) is 0 Å². The maximum Gasteiger partial charge on any atom is 0.212 e. The molecule has 0 amide bonds. The minimum Gasteiger partial charge on any atom is -0.729 e. The number of nitrogens with two attached hydrogens (primary N) is 1. The molecule has 0 fully saturated rings. The molecule has 2 N–H and O–H groups in total. The van der Waals surface area contributed by atoms with E-state index in [4.69, 9.17) is 10.8 Å². The average Bonchev–Trinajstić information content (AvgIpc) is 2.25. The minimum atomic E-state index is -0.348. The van der Waals surface area contributed by atoms with Crippen LogP contribution in [-0.4, -0.2) is 7.05 Å². The predicted octanol–water partition coefficient (Wildman–Crippen LogP) is 0.662. The van der Waals surface area contributed by atoms with E-state index in [9.17, 15) is 5.21 Å². The molecule has 1 aromatic carbocycles. The summed E-state index contributed by atoms with van der Waals surface area (Å²) in [6, 6.07) is 7.00. The Morgan fingerprint density at radius 3 is 2.83 bits per heavy atom. The number of hydrogen-bond acceptors (Lipinski definition) is 4. The molecule has 0 bridgehead atoms. The van der Waals surface area contributed by atoms with Crippen LogP contribution in [0.25, 0.3) is 0 Å². The Labute approximate surface area is 69.6 Å². The number of quaternary nitrogens is 1. The molecule has 1 aromatic rings. The minimum absolute atomic E-state index is 0.348. The molecule has 1 atom stereocenters. The molecular weight excluding hydrogens is 158 g/mol. The van der Waals surface area contributed by atoms with E-state index in [0.717, 1.165) is 0 Å². The van der Waals surface area contributed by atoms with Gasteiger partial charge in [-0.2, -0.15) is 0 Å². The number of rotatable bonds is 0. The van der Waals surface area contributed by atoms with Crippen LogP contribution in [0.2, 0.25) is 0 Å². The van der Waals surface area contributed by atoms with Crippen LogP contribution in [0.15, 0.2) is 24.3 Å². The van der Waals surface area contributed by atoms with Crippen molar-refractivity contribution in [2.24, 2.45) is 5.84 Å². The van der Waals surface area contributed by atoms with Gasteiger partial charge in [-0.25, -0.2) is 0 Å². The van der Waals surface area contributed by atoms with Crippen molar-refractivity contribution in [3.63, 3.8) is 0 Å². The first kappa shape index (κ1) is 7.51. The van der Waals surface area contributed by atoms with E-state index >= 15 is 0 Å². The Morgan fingerprint density at radius 2 is 2.17 bits per heavy atom. The number of hydrogen-bond donors (Lipinski definition) is 1. The topological polar surface area (TPSA) is 61.5 Å². The van der Waals surface area contributed by atoms with E-state index in [0.29, 0.717) is 16.6 Å². The van der Waals surface area contributed by atoms with E-state index in [2.05, 4.69) is 0 Å². The standard InChI is InChI=1S/C7H9N3O2/c1-10(8)7-5-3-2-4-6(7)9(11)12-10/h2-5H,8H2,1H3. The van der Waals surface area contributed by atoms with Crippen molar-refractivity contribution in [3.8, 4) is 0 Å². The second-order valence-corrected chi connectivity index (χ2v) is 2.82. The van der Waals surface area contributed by atoms with Gasteiger partial charge in [0.2, 0.25) is 5.69 Å². The number of benzene rings is 1. The SMILES string of the molecule is C[N+]1(N)ON([O-])c2ccccc21. The van der Waals surface area contributed by atoms with Crippen molar-refractivity contribution in [1.29, 1.82) is 0 Å². The first-order valence-corrected chi connectivity index (χ1v) is 3.53. The van der Waals surface area contributed by atoms with E-state index in [1.54, 1.807) is 25.2 Å². The molecule has 0 spiro atoms. The lowest BCUT2D eigenvalue weighted by molar-refractivity contribution is -0.116. The monoisotopic (exact) mass is 167 g/mol. The summed E-state index contributed by atoms with van der Waals surface area (Å²) in [6.07, 6.45) is 0. The quantitative estimate of drug-likeness (QED) is 0.455. The molecule has 1 aliphatic heterocycles. The predicted molar refractivity (Wildman–Crippen MR) is 45.3 cm³/mol. The van der Waals surface area contributed by atoms with Crippen molar-refractivity contribution < 1.29 is 4.94 Å². The molecule has 0 saturated heterocycles. The Morgan fingerprint density at radius 1 is 1.50 bits per heavy atom. The van der Waals surface area contributed by atoms with E-state index in [1.807, 2.05) is 6.07 Å². The van der Waals surface area contributed by atoms with Gasteiger partial charge in [0.25, 0.3) is 0 Å². The maximum atomic E-state index is 11.1. The maximum absolute atomic E-state index is 11.1. The summed E-state index contributed by atoms with van der Waals surface area (Å²) in [5, 5.41) is 11.5. The Bertz CT molecular complexity index is 313. The number of nitrogens with zero attached hydrogens (tertiary/aromatic N) is 2. The van der Waals surface area contributed by atoms with Gasteiger partial charge in [-0.15, -0.1) is 5.84 Å². The largest absolute Gasteiger partial charge is 0.729 e. The number of para-hydroxylation sites is 2. The molecule has 1 heterocycles. The highest BCUT2D eigenvalue weighted by Crippen LogP contribution is 2.37. The van der Waals surface area contributed by atoms with E-state index in [1.165, 1.54) is 0 Å². The van der Waals surface area contributed by atoms with Gasteiger partial charge in [0, 0.05) is 6.07 Å². The Balaban J connectivity index is 2.58. The molecule has 0 aliphatic carbocycles. The summed E-state index contributed by atoms with van der Waals surface area (Å²) in [5.74, 6) is 5.65. The fraction of sp³-hybridized carbons (Fsp3) is 0.143. The number of anilines is 1. The summed E-state index contributed by atoms with van der Waals surface area (Å²) in [4.78, 5) is 4.81. The molecule has 5 nitrogen and oxygen atoms in total. The van der Waals surface area contributed by atoms with Gasteiger partial charge in [-0.3, -0.25) is 5.23 Å². The van der Waals surface area contributed by atoms with Gasteiger partial charge in [-0.05, 0) is 6.07 Å². The second kappa shape index (κ2) is 2.18. The average molecular weight is 167 g/mol. The van der Waals surface area contributed by atoms with Crippen molar-refractivity contribution in [2.75, 3.05) is 12.3 Å². The molecule has 0 radical (unpaired) electrons. The van der Waals surface area contributed by atoms with E-state index < -0.39 is 0 Å². The first-order valence-electron chi connectivity index (χ1n) is 3.53. The molecule has 5 heteroatoms. The molecule has 1 unspecified atom stereocenters. The zero-order chi connectivity index (χ0) is 8.77. The number of fused-ring (bicyclic) bond motifs is 1. The second-order valence-electron chi connectivity index (χ2n) is 2.82. The molecule has 0 saturated carbocycles. The van der Waals surface area contributed by atoms with Crippen LogP contribution in [0.5, 0.6) is 0 Å². The zero-order valence-corrected chi connectivity index (χ0v) is 6.60. The molecular formula is C7H9N3O2. The highest BCUT2D eigenvalue weighted by Gasteiger charge is 2.35. The van der Waals surface area contributed by atoms with Gasteiger partial charge < -0.3 is 5.21 Å². The normalized spacial score (nSPS) is 27.4. The molecule has 12 heavy (non-hydrogen) atoms. The highest BCUT2D eigenvalue weighted by atomic mass is 17.0. The summed E-state index contributed by atoms with van der Waals surface area (Å²) in [5.41, 5.74) is 1.12. The number of hydroxylamine groups is 1. The van der Waals surface area contributed by atoms with Gasteiger partial charge in [-0.1, -0.05) is 21.8 Å². The van der Waals surface area contributed by atoms with Gasteiger partial charge in [0.05, 0.1) is 0 Å². The molecule has 2 rings (SSSR count). The van der Waals surface area contributed by atoms with Crippen LogP contribution in [0.1, 0.15) is 0 Å². The lowest BCUT2D eigenvalue weighted by atomic mass is 10.3. The summed E-state index contributed by atoms with van der Waals surface area (Å²) < 4.78 is -0.348. The van der Waals surface area contributed by atoms with Crippen LogP contribution < -0.4 is 15.8 Å². The smallest absolute Gasteiger partial charge is 0.212 e. The molecule has 0 aromatic heterocycles. The lowest BCUT2D eigenvalue weighted by Gasteiger charge is -2.22. The van der Waals surface area contributed by atoms with Crippen LogP contribution in [0.4, 0.5) is 11.4 Å². The highest BCUT2D eigenvalue weighted by molar-refractivity contribution is 5.69. The Kier molecular flexibility index (Phi) is 1.36. The van der Waals surface area contributed by atoms with Crippen molar-refractivity contribution in [1.82, 2.24) is 4.76 Å². The van der Waals surface area contributed by atoms with Crippen LogP contribution in [0.3, 0.4) is 0 Å². The van der Waals surface area contributed by atoms with Crippen molar-refractivity contribution in [3.05, 3.63) is 29.5 Å². The lowest BCUT2D eigenvalue weighted by Crippen LogP contribution is -2.50. The first-order chi connectivity index (χ1) is 5.61. The summed E-state index contributed by atoms with van der Waals surface area (Å²) in [7, 11) is 1.59. The van der Waals surface area contributed by atoms with Gasteiger partial charge >= 0.3 is 0 Å². The third-order valence-electron chi connectivity index (χ3n) is 1.80. The van der Waals surface area contributed by atoms with Crippen molar-refractivity contribution >= 4 is 11.4 Å². The summed E-state index contributed by atoms with van der Waals surface area (Å²) in [6.45, 7) is 0. The van der Waals surface area contributed by atoms with Crippen molar-refractivity contribution in [2.45, 2.75) is 0 Å². The third kappa shape index (κ3) is 0.886. The van der Waals surface area contributed by atoms with Crippen LogP contribution in [-0.2, 0) is 4.94 Å². The summed E-state index contributed by atoms with van der Waals surface area (Å²) >= 11 is 0. The Hall–Kier alpha value is -1.14.